The van der Waals surface area contributed by atoms with Crippen molar-refractivity contribution in [3.8, 4) is 0 Å². The number of hydrogen-bond donors (Lipinski definition) is 1. The number of carbonyl (C=O) groups excluding carboxylic acids is 2. The zero-order chi connectivity index (χ0) is 22.9. The lowest BCUT2D eigenvalue weighted by atomic mass is 10.1. The van der Waals surface area contributed by atoms with Crippen molar-refractivity contribution >= 4 is 57.6 Å². The molecule has 0 saturated carbocycles. The Morgan fingerprint density at radius 2 is 1.73 bits per heavy atom. The summed E-state index contributed by atoms with van der Waals surface area (Å²) in [4.78, 5) is 37.3. The molecule has 0 fully saturated rings. The molecule has 0 saturated heterocycles. The first-order valence-corrected chi connectivity index (χ1v) is 11.7. The van der Waals surface area contributed by atoms with Crippen LogP contribution in [-0.4, -0.2) is 33.0 Å². The maximum absolute atomic E-state index is 13.4. The lowest BCUT2D eigenvalue weighted by Gasteiger charge is -2.27. The maximum Gasteiger partial charge on any atom is 0.263 e. The van der Waals surface area contributed by atoms with Crippen LogP contribution in [0, 0.1) is 0 Å². The molecule has 2 aliphatic heterocycles. The van der Waals surface area contributed by atoms with Crippen molar-refractivity contribution in [2.24, 2.45) is 9.98 Å². The lowest BCUT2D eigenvalue weighted by Crippen LogP contribution is -2.41. The summed E-state index contributed by atoms with van der Waals surface area (Å²) in [6, 6.07) is 23.4. The number of rotatable bonds is 4. The lowest BCUT2D eigenvalue weighted by molar-refractivity contribution is -0.124. The van der Waals surface area contributed by atoms with Gasteiger partial charge in [0.1, 0.15) is 5.84 Å². The number of carbonyl (C=O) groups is 2. The standard InChI is InChI=1S/C25H19ClN4O2S/c1-15(23(31)27-20-14-8-6-12-18(20)26)33-25-28-19-13-7-5-11-17(19)22-29-21(24(32)30(22)25)16-9-3-2-4-10-16/h2-15,21H,1H3,(H,27,31)/t15-,21+/m1/s1. The number of anilines is 1. The molecule has 2 heterocycles. The van der Waals surface area contributed by atoms with Crippen LogP contribution in [-0.2, 0) is 9.59 Å². The Morgan fingerprint density at radius 3 is 2.52 bits per heavy atom. The number of hydrogen-bond acceptors (Lipinski definition) is 5. The van der Waals surface area contributed by atoms with Crippen LogP contribution in [0.15, 0.2) is 88.8 Å². The van der Waals surface area contributed by atoms with Crippen molar-refractivity contribution in [2.45, 2.75) is 18.2 Å². The Kier molecular flexibility index (Phi) is 5.74. The van der Waals surface area contributed by atoms with E-state index in [0.717, 1.165) is 16.8 Å². The van der Waals surface area contributed by atoms with Gasteiger partial charge in [0.2, 0.25) is 5.91 Å². The number of aliphatic imine (C=N–C) groups is 2. The molecule has 1 N–H and O–H groups in total. The van der Waals surface area contributed by atoms with E-state index in [4.69, 9.17) is 21.6 Å². The molecule has 6 nitrogen and oxygen atoms in total. The second kappa shape index (κ2) is 8.84. The van der Waals surface area contributed by atoms with Crippen molar-refractivity contribution < 1.29 is 9.59 Å². The molecule has 3 aromatic rings. The van der Waals surface area contributed by atoms with Gasteiger partial charge in [-0.2, -0.15) is 0 Å². The molecule has 164 valence electrons. The highest BCUT2D eigenvalue weighted by Crippen LogP contribution is 2.38. The summed E-state index contributed by atoms with van der Waals surface area (Å²) in [6.07, 6.45) is 0. The third kappa shape index (κ3) is 4.05. The van der Waals surface area contributed by atoms with E-state index in [-0.39, 0.29) is 11.8 Å². The number of amides is 2. The molecule has 0 unspecified atom stereocenters. The van der Waals surface area contributed by atoms with Gasteiger partial charge in [0.05, 0.1) is 21.6 Å². The average molecular weight is 475 g/mol. The molecule has 2 amide bonds. The quantitative estimate of drug-likeness (QED) is 0.547. The van der Waals surface area contributed by atoms with Crippen molar-refractivity contribution in [3.63, 3.8) is 0 Å². The van der Waals surface area contributed by atoms with Crippen LogP contribution in [0.2, 0.25) is 5.02 Å². The molecule has 3 aromatic carbocycles. The van der Waals surface area contributed by atoms with Crippen LogP contribution in [0.1, 0.15) is 24.1 Å². The minimum absolute atomic E-state index is 0.185. The summed E-state index contributed by atoms with van der Waals surface area (Å²) in [5.74, 6) is 0.135. The van der Waals surface area contributed by atoms with Crippen LogP contribution >= 0.6 is 23.4 Å². The summed E-state index contributed by atoms with van der Waals surface area (Å²) < 4.78 is 0. The summed E-state index contributed by atoms with van der Waals surface area (Å²) in [5.41, 5.74) is 2.86. The Balaban J connectivity index is 1.45. The second-order valence-electron chi connectivity index (χ2n) is 7.58. The summed E-state index contributed by atoms with van der Waals surface area (Å²) in [6.45, 7) is 1.77. The minimum Gasteiger partial charge on any atom is -0.324 e. The third-order valence-electron chi connectivity index (χ3n) is 5.37. The molecule has 0 spiro atoms. The number of halogens is 1. The van der Waals surface area contributed by atoms with E-state index < -0.39 is 11.3 Å². The highest BCUT2D eigenvalue weighted by molar-refractivity contribution is 8.15. The van der Waals surface area contributed by atoms with Gasteiger partial charge in [-0.1, -0.05) is 78.0 Å². The van der Waals surface area contributed by atoms with Gasteiger partial charge in [-0.25, -0.2) is 14.9 Å². The van der Waals surface area contributed by atoms with E-state index in [1.54, 1.807) is 31.2 Å². The van der Waals surface area contributed by atoms with Crippen LogP contribution in [0.25, 0.3) is 0 Å². The van der Waals surface area contributed by atoms with Crippen LogP contribution < -0.4 is 5.32 Å². The fraction of sp³-hybridized carbons (Fsp3) is 0.120. The van der Waals surface area contributed by atoms with Gasteiger partial charge >= 0.3 is 0 Å². The first-order chi connectivity index (χ1) is 16.0. The summed E-state index contributed by atoms with van der Waals surface area (Å²) in [7, 11) is 0. The largest absolute Gasteiger partial charge is 0.324 e. The Labute approximate surface area is 200 Å². The fourth-order valence-corrected chi connectivity index (χ4v) is 4.79. The zero-order valence-corrected chi connectivity index (χ0v) is 19.2. The highest BCUT2D eigenvalue weighted by atomic mass is 35.5. The summed E-state index contributed by atoms with van der Waals surface area (Å²) in [5, 5.41) is 3.20. The number of nitrogens with one attached hydrogen (secondary N) is 1. The molecule has 5 rings (SSSR count). The highest BCUT2D eigenvalue weighted by Gasteiger charge is 2.42. The van der Waals surface area contributed by atoms with Crippen molar-refractivity contribution in [1.82, 2.24) is 4.90 Å². The molecular formula is C25H19ClN4O2S. The number of fused-ring (bicyclic) bond motifs is 3. The monoisotopic (exact) mass is 474 g/mol. The van der Waals surface area contributed by atoms with E-state index in [1.165, 1.54) is 16.7 Å². The summed E-state index contributed by atoms with van der Waals surface area (Å²) >= 11 is 7.39. The molecule has 0 bridgehead atoms. The molecule has 2 atom stereocenters. The van der Waals surface area contributed by atoms with Crippen LogP contribution in [0.3, 0.4) is 0 Å². The predicted octanol–water partition coefficient (Wildman–Crippen LogP) is 5.43. The van der Waals surface area contributed by atoms with E-state index in [0.29, 0.717) is 21.7 Å². The van der Waals surface area contributed by atoms with E-state index in [9.17, 15) is 9.59 Å². The van der Waals surface area contributed by atoms with Gasteiger partial charge < -0.3 is 5.32 Å². The normalized spacial score (nSPS) is 17.6. The number of amidine groups is 2. The Morgan fingerprint density at radius 1 is 1.03 bits per heavy atom. The molecule has 8 heteroatoms. The number of thioether (sulfide) groups is 1. The fourth-order valence-electron chi connectivity index (χ4n) is 3.69. The molecule has 0 radical (unpaired) electrons. The minimum atomic E-state index is -0.648. The van der Waals surface area contributed by atoms with Gasteiger partial charge in [0.15, 0.2) is 11.2 Å². The maximum atomic E-state index is 13.4. The SMILES string of the molecule is C[C@@H](SC1=Nc2ccccc2C2=N[C@@H](c3ccccc3)C(=O)N12)C(=O)Nc1ccccc1Cl. The third-order valence-corrected chi connectivity index (χ3v) is 6.75. The molecule has 33 heavy (non-hydrogen) atoms. The molecular weight excluding hydrogens is 456 g/mol. The second-order valence-corrected chi connectivity index (χ2v) is 9.30. The smallest absolute Gasteiger partial charge is 0.263 e. The number of para-hydroxylation sites is 2. The van der Waals surface area contributed by atoms with Crippen molar-refractivity contribution in [3.05, 3.63) is 95.0 Å². The van der Waals surface area contributed by atoms with Gasteiger partial charge in [-0.3, -0.25) is 9.59 Å². The first-order valence-electron chi connectivity index (χ1n) is 10.4. The van der Waals surface area contributed by atoms with E-state index >= 15 is 0 Å². The average Bonchev–Trinajstić information content (AvgIpc) is 3.19. The van der Waals surface area contributed by atoms with Crippen LogP contribution in [0.5, 0.6) is 0 Å². The molecule has 2 aliphatic rings. The molecule has 0 aliphatic carbocycles. The first kappa shape index (κ1) is 21.4. The van der Waals surface area contributed by atoms with Crippen molar-refractivity contribution in [2.75, 3.05) is 5.32 Å². The van der Waals surface area contributed by atoms with Crippen molar-refractivity contribution in [1.29, 1.82) is 0 Å². The zero-order valence-electron chi connectivity index (χ0n) is 17.6. The Bertz CT molecular complexity index is 1310. The number of nitrogens with zero attached hydrogens (tertiary/aromatic N) is 3. The van der Waals surface area contributed by atoms with Gasteiger partial charge in [0.25, 0.3) is 5.91 Å². The van der Waals surface area contributed by atoms with Gasteiger partial charge in [-0.15, -0.1) is 0 Å². The molecule has 0 aromatic heterocycles. The van der Waals surface area contributed by atoms with Gasteiger partial charge in [-0.05, 0) is 36.8 Å². The predicted molar refractivity (Wildman–Crippen MR) is 133 cm³/mol. The number of benzene rings is 3. The van der Waals surface area contributed by atoms with Gasteiger partial charge in [0, 0.05) is 5.56 Å². The Hall–Kier alpha value is -3.42. The van der Waals surface area contributed by atoms with E-state index in [1.807, 2.05) is 54.6 Å². The van der Waals surface area contributed by atoms with E-state index in [2.05, 4.69) is 5.32 Å². The topological polar surface area (TPSA) is 74.1 Å². The van der Waals surface area contributed by atoms with Crippen LogP contribution in [0.4, 0.5) is 11.4 Å².